The van der Waals surface area contributed by atoms with Gasteiger partial charge in [0.25, 0.3) is 0 Å². The van der Waals surface area contributed by atoms with Gasteiger partial charge in [0.05, 0.1) is 5.75 Å². The summed E-state index contributed by atoms with van der Waals surface area (Å²) in [6.07, 6.45) is 1.01. The second-order valence-electron chi connectivity index (χ2n) is 6.11. The molecule has 0 radical (unpaired) electrons. The number of carbonyl (C=O) groups excluding carboxylic acids is 1. The van der Waals surface area contributed by atoms with Gasteiger partial charge in [0.15, 0.2) is 5.16 Å². The minimum Gasteiger partial charge on any atom is -0.481 e. The summed E-state index contributed by atoms with van der Waals surface area (Å²) in [6.45, 7) is 3.78. The van der Waals surface area contributed by atoms with E-state index in [9.17, 15) is 9.59 Å². The number of nitrogens with one attached hydrogen (secondary N) is 1. The highest BCUT2D eigenvalue weighted by molar-refractivity contribution is 7.99. The molecule has 1 heterocycles. The number of hydrogen-bond donors (Lipinski definition) is 2. The van der Waals surface area contributed by atoms with Crippen molar-refractivity contribution in [3.8, 4) is 0 Å². The van der Waals surface area contributed by atoms with Crippen LogP contribution in [0.1, 0.15) is 29.8 Å². The molecular formula is C19H23N3O3S. The smallest absolute Gasteiger partial charge is 0.303 e. The van der Waals surface area contributed by atoms with Crippen molar-refractivity contribution in [2.24, 2.45) is 0 Å². The van der Waals surface area contributed by atoms with Crippen LogP contribution < -0.4 is 5.32 Å². The number of benzene rings is 1. The van der Waals surface area contributed by atoms with Gasteiger partial charge in [0, 0.05) is 23.9 Å². The number of hydrogen-bond acceptors (Lipinski definition) is 5. The maximum atomic E-state index is 12.3. The predicted molar refractivity (Wildman–Crippen MR) is 101 cm³/mol. The monoisotopic (exact) mass is 373 g/mol. The van der Waals surface area contributed by atoms with E-state index in [2.05, 4.69) is 15.3 Å². The molecule has 1 aromatic carbocycles. The zero-order chi connectivity index (χ0) is 18.9. The number of rotatable bonds is 9. The van der Waals surface area contributed by atoms with E-state index < -0.39 is 5.97 Å². The van der Waals surface area contributed by atoms with Gasteiger partial charge < -0.3 is 10.4 Å². The lowest BCUT2D eigenvalue weighted by molar-refractivity contribution is -0.137. The summed E-state index contributed by atoms with van der Waals surface area (Å²) in [6, 6.07) is 11.4. The van der Waals surface area contributed by atoms with Crippen molar-refractivity contribution in [2.45, 2.75) is 44.3 Å². The summed E-state index contributed by atoms with van der Waals surface area (Å²) < 4.78 is 0. The Balaban J connectivity index is 1.92. The standard InChI is InChI=1S/C19H23N3O3S/c1-13-10-14(2)21-19(20-13)26-12-17(23)22-16(8-9-18(24)25)11-15-6-4-3-5-7-15/h3-7,10,16H,8-9,11-12H2,1-2H3,(H,22,23)(H,24,25). The lowest BCUT2D eigenvalue weighted by atomic mass is 10.0. The molecule has 7 heteroatoms. The van der Waals surface area contributed by atoms with Crippen molar-refractivity contribution in [1.29, 1.82) is 0 Å². The molecule has 0 aliphatic carbocycles. The number of amides is 1. The van der Waals surface area contributed by atoms with Crippen LogP contribution in [0.25, 0.3) is 0 Å². The predicted octanol–water partition coefficient (Wildman–Crippen LogP) is 2.78. The first kappa shape index (κ1) is 19.9. The van der Waals surface area contributed by atoms with Gasteiger partial charge in [-0.1, -0.05) is 42.1 Å². The molecule has 2 N–H and O–H groups in total. The summed E-state index contributed by atoms with van der Waals surface area (Å²) in [5.74, 6) is -0.819. The van der Waals surface area contributed by atoms with Gasteiger partial charge in [-0.3, -0.25) is 9.59 Å². The minimum atomic E-state index is -0.865. The highest BCUT2D eigenvalue weighted by Crippen LogP contribution is 2.14. The Morgan fingerprint density at radius 3 is 2.42 bits per heavy atom. The second-order valence-corrected chi connectivity index (χ2v) is 7.05. The van der Waals surface area contributed by atoms with Gasteiger partial charge in [-0.15, -0.1) is 0 Å². The van der Waals surface area contributed by atoms with Crippen LogP contribution in [0.3, 0.4) is 0 Å². The molecule has 26 heavy (non-hydrogen) atoms. The third-order valence-corrected chi connectivity index (χ3v) is 4.54. The van der Waals surface area contributed by atoms with E-state index in [1.165, 1.54) is 11.8 Å². The fourth-order valence-corrected chi connectivity index (χ4v) is 3.34. The van der Waals surface area contributed by atoms with Crippen LogP contribution in [0.15, 0.2) is 41.6 Å². The second kappa shape index (κ2) is 9.91. The van der Waals surface area contributed by atoms with Crippen LogP contribution in [-0.2, 0) is 16.0 Å². The van der Waals surface area contributed by atoms with Crippen molar-refractivity contribution in [3.63, 3.8) is 0 Å². The number of carboxylic acids is 1. The Morgan fingerprint density at radius 2 is 1.81 bits per heavy atom. The van der Waals surface area contributed by atoms with Crippen LogP contribution in [-0.4, -0.2) is 38.7 Å². The van der Waals surface area contributed by atoms with Crippen molar-refractivity contribution in [2.75, 3.05) is 5.75 Å². The normalized spacial score (nSPS) is 11.8. The first-order chi connectivity index (χ1) is 12.4. The molecule has 0 fully saturated rings. The number of carbonyl (C=O) groups is 2. The number of aromatic nitrogens is 2. The van der Waals surface area contributed by atoms with Gasteiger partial charge in [-0.2, -0.15) is 0 Å². The first-order valence-electron chi connectivity index (χ1n) is 8.42. The molecule has 1 aromatic heterocycles. The van der Waals surface area contributed by atoms with Gasteiger partial charge in [0.1, 0.15) is 0 Å². The minimum absolute atomic E-state index is 0.0190. The fraction of sp³-hybridized carbons (Fsp3) is 0.368. The summed E-state index contributed by atoms with van der Waals surface area (Å²) in [7, 11) is 0. The molecule has 1 atom stereocenters. The van der Waals surface area contributed by atoms with Gasteiger partial charge in [-0.05, 0) is 38.3 Å². The van der Waals surface area contributed by atoms with Crippen molar-refractivity contribution in [1.82, 2.24) is 15.3 Å². The number of aliphatic carboxylic acids is 1. The van der Waals surface area contributed by atoms with Gasteiger partial charge >= 0.3 is 5.97 Å². The lowest BCUT2D eigenvalue weighted by Gasteiger charge is -2.18. The molecule has 1 amide bonds. The molecule has 1 unspecified atom stereocenters. The Bertz CT molecular complexity index is 733. The summed E-state index contributed by atoms with van der Waals surface area (Å²) in [5.41, 5.74) is 2.79. The molecule has 0 spiro atoms. The van der Waals surface area contributed by atoms with Crippen LogP contribution in [0, 0.1) is 13.8 Å². The zero-order valence-corrected chi connectivity index (χ0v) is 15.8. The summed E-state index contributed by atoms with van der Waals surface area (Å²) in [4.78, 5) is 31.8. The Morgan fingerprint density at radius 1 is 1.15 bits per heavy atom. The van der Waals surface area contributed by atoms with Crippen molar-refractivity contribution in [3.05, 3.63) is 53.3 Å². The van der Waals surface area contributed by atoms with E-state index in [1.807, 2.05) is 50.2 Å². The molecule has 0 saturated heterocycles. The highest BCUT2D eigenvalue weighted by atomic mass is 32.2. The Labute approximate surface area is 157 Å². The quantitative estimate of drug-likeness (QED) is 0.519. The first-order valence-corrected chi connectivity index (χ1v) is 9.41. The largest absolute Gasteiger partial charge is 0.481 e. The fourth-order valence-electron chi connectivity index (χ4n) is 2.58. The molecule has 0 aliphatic heterocycles. The topological polar surface area (TPSA) is 92.2 Å². The summed E-state index contributed by atoms with van der Waals surface area (Å²) >= 11 is 1.28. The maximum Gasteiger partial charge on any atom is 0.303 e. The number of aryl methyl sites for hydroxylation is 2. The van der Waals surface area contributed by atoms with Crippen LogP contribution in [0.2, 0.25) is 0 Å². The van der Waals surface area contributed by atoms with E-state index in [1.54, 1.807) is 0 Å². The van der Waals surface area contributed by atoms with Gasteiger partial charge in [-0.25, -0.2) is 9.97 Å². The van der Waals surface area contributed by atoms with Crippen molar-refractivity contribution >= 4 is 23.6 Å². The third kappa shape index (κ3) is 7.23. The lowest BCUT2D eigenvalue weighted by Crippen LogP contribution is -2.38. The average molecular weight is 373 g/mol. The molecule has 0 saturated carbocycles. The van der Waals surface area contributed by atoms with Crippen molar-refractivity contribution < 1.29 is 14.7 Å². The van der Waals surface area contributed by atoms with Gasteiger partial charge in [0.2, 0.25) is 5.91 Å². The average Bonchev–Trinajstić information content (AvgIpc) is 2.58. The molecule has 138 valence electrons. The maximum absolute atomic E-state index is 12.3. The van der Waals surface area contributed by atoms with E-state index in [0.717, 1.165) is 17.0 Å². The number of carboxylic acid groups (broad SMARTS) is 1. The molecule has 0 bridgehead atoms. The Hall–Kier alpha value is -2.41. The van der Waals surface area contributed by atoms with E-state index in [-0.39, 0.29) is 24.1 Å². The van der Waals surface area contributed by atoms with E-state index in [0.29, 0.717) is 18.0 Å². The zero-order valence-electron chi connectivity index (χ0n) is 14.9. The van der Waals surface area contributed by atoms with Crippen LogP contribution in [0.5, 0.6) is 0 Å². The van der Waals surface area contributed by atoms with Crippen LogP contribution >= 0.6 is 11.8 Å². The highest BCUT2D eigenvalue weighted by Gasteiger charge is 2.15. The third-order valence-electron chi connectivity index (χ3n) is 3.69. The summed E-state index contributed by atoms with van der Waals surface area (Å²) in [5, 5.41) is 12.4. The van der Waals surface area contributed by atoms with E-state index in [4.69, 9.17) is 5.11 Å². The molecular weight excluding hydrogens is 350 g/mol. The number of thioether (sulfide) groups is 1. The van der Waals surface area contributed by atoms with Crippen LogP contribution in [0.4, 0.5) is 0 Å². The molecule has 2 rings (SSSR count). The number of nitrogens with zero attached hydrogens (tertiary/aromatic N) is 2. The van der Waals surface area contributed by atoms with E-state index >= 15 is 0 Å². The Kier molecular flexibility index (Phi) is 7.59. The molecule has 0 aliphatic rings. The SMILES string of the molecule is Cc1cc(C)nc(SCC(=O)NC(CCC(=O)O)Cc2ccccc2)n1. The molecule has 6 nitrogen and oxygen atoms in total. The molecule has 2 aromatic rings.